The number of pyridine rings is 1. The van der Waals surface area contributed by atoms with Crippen molar-refractivity contribution >= 4 is 17.6 Å². The molecule has 1 heterocycles. The summed E-state index contributed by atoms with van der Waals surface area (Å²) in [5.74, 6) is -1.36. The van der Waals surface area contributed by atoms with Crippen LogP contribution in [0.3, 0.4) is 0 Å². The number of carbonyl (C=O) groups is 2. The molecule has 0 aromatic carbocycles. The van der Waals surface area contributed by atoms with E-state index in [4.69, 9.17) is 9.84 Å². The van der Waals surface area contributed by atoms with Gasteiger partial charge in [0.15, 0.2) is 0 Å². The number of hydrogen-bond donors (Lipinski definition) is 2. The molecule has 2 N–H and O–H groups in total. The number of esters is 1. The summed E-state index contributed by atoms with van der Waals surface area (Å²) in [4.78, 5) is 26.8. The van der Waals surface area contributed by atoms with Gasteiger partial charge in [-0.2, -0.15) is 0 Å². The van der Waals surface area contributed by atoms with Crippen molar-refractivity contribution in [2.45, 2.75) is 38.6 Å². The van der Waals surface area contributed by atoms with Gasteiger partial charge in [0, 0.05) is 18.4 Å². The third-order valence-electron chi connectivity index (χ3n) is 3.75. The van der Waals surface area contributed by atoms with Gasteiger partial charge in [-0.15, -0.1) is 0 Å². The van der Waals surface area contributed by atoms with E-state index in [9.17, 15) is 9.59 Å². The Bertz CT molecular complexity index is 510. The van der Waals surface area contributed by atoms with Crippen LogP contribution in [0.2, 0.25) is 0 Å². The molecule has 1 aliphatic rings. The Morgan fingerprint density at radius 1 is 1.38 bits per heavy atom. The zero-order valence-electron chi connectivity index (χ0n) is 12.0. The van der Waals surface area contributed by atoms with E-state index < -0.39 is 11.9 Å². The average Bonchev–Trinajstić information content (AvgIpc) is 2.48. The topological polar surface area (TPSA) is 88.5 Å². The molecule has 114 valence electrons. The Morgan fingerprint density at radius 3 is 2.71 bits per heavy atom. The van der Waals surface area contributed by atoms with Crippen LogP contribution >= 0.6 is 0 Å². The first-order chi connectivity index (χ1) is 10.1. The number of ether oxygens (including phenoxy) is 1. The quantitative estimate of drug-likeness (QED) is 0.810. The number of anilines is 1. The first-order valence-corrected chi connectivity index (χ1v) is 7.22. The van der Waals surface area contributed by atoms with Gasteiger partial charge in [-0.25, -0.2) is 4.79 Å². The van der Waals surface area contributed by atoms with E-state index in [0.717, 1.165) is 12.8 Å². The number of aromatic nitrogens is 1. The highest BCUT2D eigenvalue weighted by Gasteiger charge is 2.26. The van der Waals surface area contributed by atoms with E-state index in [1.54, 1.807) is 19.2 Å². The summed E-state index contributed by atoms with van der Waals surface area (Å²) in [5.41, 5.74) is 1.11. The first kappa shape index (κ1) is 15.3. The molecule has 1 fully saturated rings. The van der Waals surface area contributed by atoms with Crippen molar-refractivity contribution in [1.82, 2.24) is 4.98 Å². The summed E-state index contributed by atoms with van der Waals surface area (Å²) in [6.45, 7) is 2.07. The maximum absolute atomic E-state index is 11.9. The molecule has 6 heteroatoms. The van der Waals surface area contributed by atoms with Crippen molar-refractivity contribution in [3.63, 3.8) is 0 Å². The normalized spacial score (nSPS) is 21.6. The van der Waals surface area contributed by atoms with Gasteiger partial charge in [0.2, 0.25) is 0 Å². The van der Waals surface area contributed by atoms with Crippen LogP contribution in [0.4, 0.5) is 5.69 Å². The SMILES string of the molecule is CCOC(=O)c1cnccc1NC1CCC(C(=O)O)CC1. The fraction of sp³-hybridized carbons (Fsp3) is 0.533. The third-order valence-corrected chi connectivity index (χ3v) is 3.75. The fourth-order valence-corrected chi connectivity index (χ4v) is 2.60. The molecule has 0 saturated heterocycles. The van der Waals surface area contributed by atoms with Crippen molar-refractivity contribution in [2.75, 3.05) is 11.9 Å². The number of hydrogen-bond acceptors (Lipinski definition) is 5. The lowest BCUT2D eigenvalue weighted by Crippen LogP contribution is -2.29. The number of aliphatic carboxylic acids is 1. The highest BCUT2D eigenvalue weighted by Crippen LogP contribution is 2.27. The van der Waals surface area contributed by atoms with Crippen LogP contribution in [0.5, 0.6) is 0 Å². The van der Waals surface area contributed by atoms with E-state index in [2.05, 4.69) is 10.3 Å². The Balaban J connectivity index is 2.01. The molecule has 1 aromatic heterocycles. The number of nitrogens with zero attached hydrogens (tertiary/aromatic N) is 1. The molecule has 0 unspecified atom stereocenters. The molecule has 0 amide bonds. The minimum absolute atomic E-state index is 0.177. The zero-order chi connectivity index (χ0) is 15.2. The average molecular weight is 292 g/mol. The molecule has 0 bridgehead atoms. The molecule has 1 aromatic rings. The maximum Gasteiger partial charge on any atom is 0.341 e. The Morgan fingerprint density at radius 2 is 2.10 bits per heavy atom. The maximum atomic E-state index is 11.9. The number of carboxylic acids is 1. The highest BCUT2D eigenvalue weighted by atomic mass is 16.5. The monoisotopic (exact) mass is 292 g/mol. The van der Waals surface area contributed by atoms with Gasteiger partial charge in [-0.3, -0.25) is 9.78 Å². The minimum Gasteiger partial charge on any atom is -0.481 e. The summed E-state index contributed by atoms with van der Waals surface area (Å²) in [5, 5.41) is 12.3. The second kappa shape index (κ2) is 7.06. The fourth-order valence-electron chi connectivity index (χ4n) is 2.60. The minimum atomic E-state index is -0.718. The van der Waals surface area contributed by atoms with Gasteiger partial charge in [0.1, 0.15) is 5.56 Å². The Labute approximate surface area is 123 Å². The smallest absolute Gasteiger partial charge is 0.341 e. The standard InChI is InChI=1S/C15H20N2O4/c1-2-21-15(20)12-9-16-8-7-13(12)17-11-5-3-10(4-6-11)14(18)19/h7-11H,2-6H2,1H3,(H,16,17)(H,18,19). The second-order valence-electron chi connectivity index (χ2n) is 5.17. The van der Waals surface area contributed by atoms with Crippen LogP contribution < -0.4 is 5.32 Å². The molecule has 6 nitrogen and oxygen atoms in total. The van der Waals surface area contributed by atoms with Gasteiger partial charge in [-0.05, 0) is 38.7 Å². The predicted molar refractivity (Wildman–Crippen MR) is 77.2 cm³/mol. The third kappa shape index (κ3) is 3.93. The largest absolute Gasteiger partial charge is 0.481 e. The van der Waals surface area contributed by atoms with Crippen molar-refractivity contribution < 1.29 is 19.4 Å². The van der Waals surface area contributed by atoms with Gasteiger partial charge in [0.05, 0.1) is 18.2 Å². The Hall–Kier alpha value is -2.11. The molecule has 0 aliphatic heterocycles. The summed E-state index contributed by atoms with van der Waals surface area (Å²) in [6.07, 6.45) is 5.99. The number of carbonyl (C=O) groups excluding carboxylic acids is 1. The van der Waals surface area contributed by atoms with E-state index in [1.165, 1.54) is 6.20 Å². The van der Waals surface area contributed by atoms with Crippen LogP contribution in [0.15, 0.2) is 18.5 Å². The van der Waals surface area contributed by atoms with E-state index >= 15 is 0 Å². The molecule has 0 radical (unpaired) electrons. The van der Waals surface area contributed by atoms with Crippen molar-refractivity contribution in [3.8, 4) is 0 Å². The number of rotatable bonds is 5. The van der Waals surface area contributed by atoms with E-state index in [-0.39, 0.29) is 12.0 Å². The van der Waals surface area contributed by atoms with Crippen molar-refractivity contribution in [2.24, 2.45) is 5.92 Å². The van der Waals surface area contributed by atoms with Crippen LogP contribution in [0.25, 0.3) is 0 Å². The molecule has 0 spiro atoms. The zero-order valence-corrected chi connectivity index (χ0v) is 12.0. The van der Waals surface area contributed by atoms with Crippen molar-refractivity contribution in [3.05, 3.63) is 24.0 Å². The second-order valence-corrected chi connectivity index (χ2v) is 5.17. The Kier molecular flexibility index (Phi) is 5.14. The number of nitrogens with one attached hydrogen (secondary N) is 1. The lowest BCUT2D eigenvalue weighted by atomic mass is 9.86. The summed E-state index contributed by atoms with van der Waals surface area (Å²) in [6, 6.07) is 1.92. The molecule has 21 heavy (non-hydrogen) atoms. The van der Waals surface area contributed by atoms with E-state index in [1.807, 2.05) is 0 Å². The van der Waals surface area contributed by atoms with Crippen LogP contribution in [-0.4, -0.2) is 34.7 Å². The molecular weight excluding hydrogens is 272 g/mol. The number of carboxylic acid groups (broad SMARTS) is 1. The lowest BCUT2D eigenvalue weighted by Gasteiger charge is -2.28. The molecular formula is C15H20N2O4. The summed E-state index contributed by atoms with van der Waals surface area (Å²) < 4.78 is 5.01. The molecule has 0 atom stereocenters. The van der Waals surface area contributed by atoms with Gasteiger partial charge in [0.25, 0.3) is 0 Å². The first-order valence-electron chi connectivity index (χ1n) is 7.22. The summed E-state index contributed by atoms with van der Waals surface area (Å²) in [7, 11) is 0. The van der Waals surface area contributed by atoms with Gasteiger partial charge in [-0.1, -0.05) is 0 Å². The lowest BCUT2D eigenvalue weighted by molar-refractivity contribution is -0.142. The van der Waals surface area contributed by atoms with Crippen LogP contribution in [0.1, 0.15) is 43.0 Å². The van der Waals surface area contributed by atoms with Gasteiger partial charge < -0.3 is 15.2 Å². The van der Waals surface area contributed by atoms with Crippen LogP contribution in [0, 0.1) is 5.92 Å². The highest BCUT2D eigenvalue weighted by molar-refractivity contribution is 5.95. The molecule has 2 rings (SSSR count). The van der Waals surface area contributed by atoms with Gasteiger partial charge >= 0.3 is 11.9 Å². The van der Waals surface area contributed by atoms with Crippen LogP contribution in [-0.2, 0) is 9.53 Å². The van der Waals surface area contributed by atoms with E-state index in [0.29, 0.717) is 30.7 Å². The molecule has 1 saturated carbocycles. The predicted octanol–water partition coefficient (Wildman–Crippen LogP) is 2.31. The van der Waals surface area contributed by atoms with Crippen molar-refractivity contribution in [1.29, 1.82) is 0 Å². The molecule has 1 aliphatic carbocycles. The summed E-state index contributed by atoms with van der Waals surface area (Å²) >= 11 is 0.